The van der Waals surface area contributed by atoms with Crippen molar-refractivity contribution in [2.24, 2.45) is 5.73 Å². The van der Waals surface area contributed by atoms with Crippen molar-refractivity contribution < 1.29 is 13.6 Å². The van der Waals surface area contributed by atoms with Gasteiger partial charge >= 0.3 is 0 Å². The molecule has 6 heteroatoms. The maximum atomic E-state index is 14.5. The number of aryl methyl sites for hydroxylation is 1. The number of aromatic nitrogens is 1. The minimum atomic E-state index is -0.903. The van der Waals surface area contributed by atoms with Crippen LogP contribution < -0.4 is 11.3 Å². The average Bonchev–Trinajstić information content (AvgIpc) is 2.61. The molecule has 0 unspecified atom stereocenters. The lowest BCUT2D eigenvalue weighted by atomic mass is 9.96. The summed E-state index contributed by atoms with van der Waals surface area (Å²) in [6.07, 6.45) is 3.36. The van der Waals surface area contributed by atoms with Gasteiger partial charge in [0.2, 0.25) is 0 Å². The average molecular weight is 356 g/mol. The van der Waals surface area contributed by atoms with Crippen molar-refractivity contribution in [1.29, 1.82) is 0 Å². The van der Waals surface area contributed by atoms with Crippen molar-refractivity contribution >= 4 is 16.6 Å². The van der Waals surface area contributed by atoms with E-state index in [9.17, 15) is 18.4 Å². The Balaban J connectivity index is 2.03. The first kappa shape index (κ1) is 17.9. The number of unbranched alkanes of at least 4 members (excludes halogenated alkanes) is 1. The molecule has 0 atom stereocenters. The number of ketones is 1. The lowest BCUT2D eigenvalue weighted by molar-refractivity contribution is 0.103. The molecule has 0 amide bonds. The second-order valence-corrected chi connectivity index (χ2v) is 6.08. The van der Waals surface area contributed by atoms with Gasteiger partial charge in [-0.15, -0.1) is 0 Å². The third-order valence-electron chi connectivity index (χ3n) is 4.31. The molecule has 26 heavy (non-hydrogen) atoms. The number of fused-ring (bicyclic) bond motifs is 1. The lowest BCUT2D eigenvalue weighted by Gasteiger charge is -2.09. The highest BCUT2D eigenvalue weighted by Gasteiger charge is 2.22. The van der Waals surface area contributed by atoms with Crippen LogP contribution in [0.15, 0.2) is 47.4 Å². The van der Waals surface area contributed by atoms with E-state index in [4.69, 9.17) is 5.73 Å². The quantitative estimate of drug-likeness (QED) is 0.525. The summed E-state index contributed by atoms with van der Waals surface area (Å²) < 4.78 is 29.0. The van der Waals surface area contributed by atoms with Crippen molar-refractivity contribution in [3.8, 4) is 0 Å². The lowest BCUT2D eigenvalue weighted by Crippen LogP contribution is -2.11. The number of carbonyl (C=O) groups is 1. The fourth-order valence-electron chi connectivity index (χ4n) is 3.01. The Morgan fingerprint density at radius 3 is 2.46 bits per heavy atom. The second-order valence-electron chi connectivity index (χ2n) is 6.08. The number of nitrogens with one attached hydrogen (secondary N) is 1. The molecule has 4 nitrogen and oxygen atoms in total. The van der Waals surface area contributed by atoms with Crippen molar-refractivity contribution in [2.75, 3.05) is 6.54 Å². The monoisotopic (exact) mass is 356 g/mol. The van der Waals surface area contributed by atoms with E-state index in [1.165, 1.54) is 30.5 Å². The predicted octanol–water partition coefficient (Wildman–Crippen LogP) is 3.32. The summed E-state index contributed by atoms with van der Waals surface area (Å²) in [4.78, 5) is 27.2. The molecule has 0 saturated carbocycles. The fourth-order valence-corrected chi connectivity index (χ4v) is 3.01. The minimum absolute atomic E-state index is 0.0854. The molecule has 0 aliphatic rings. The van der Waals surface area contributed by atoms with Crippen LogP contribution in [0.1, 0.15) is 34.3 Å². The van der Waals surface area contributed by atoms with E-state index in [-0.39, 0.29) is 16.5 Å². The van der Waals surface area contributed by atoms with Crippen LogP contribution in [-0.2, 0) is 6.42 Å². The molecule has 3 aromatic rings. The number of rotatable bonds is 6. The Hall–Kier alpha value is -2.86. The third-order valence-corrected chi connectivity index (χ3v) is 4.31. The molecule has 0 aliphatic heterocycles. The van der Waals surface area contributed by atoms with Gasteiger partial charge in [0.05, 0.1) is 5.56 Å². The van der Waals surface area contributed by atoms with Gasteiger partial charge in [0, 0.05) is 17.1 Å². The van der Waals surface area contributed by atoms with E-state index in [0.717, 1.165) is 12.8 Å². The molecule has 0 bridgehead atoms. The van der Waals surface area contributed by atoms with Crippen LogP contribution in [0.4, 0.5) is 8.78 Å². The Bertz CT molecular complexity index is 1000. The number of H-pyrrole nitrogens is 1. The first-order valence-electron chi connectivity index (χ1n) is 8.36. The number of hydrogen-bond donors (Lipinski definition) is 2. The number of hydrogen-bond acceptors (Lipinski definition) is 3. The van der Waals surface area contributed by atoms with Gasteiger partial charge in [0.1, 0.15) is 11.6 Å². The van der Waals surface area contributed by atoms with E-state index in [1.54, 1.807) is 12.1 Å². The van der Waals surface area contributed by atoms with Crippen molar-refractivity contribution in [2.45, 2.75) is 19.3 Å². The molecule has 1 heterocycles. The molecule has 0 saturated heterocycles. The van der Waals surface area contributed by atoms with Gasteiger partial charge in [0.15, 0.2) is 5.78 Å². The van der Waals surface area contributed by atoms with Gasteiger partial charge in [-0.3, -0.25) is 9.59 Å². The first-order valence-corrected chi connectivity index (χ1v) is 8.36. The molecule has 3 N–H and O–H groups in total. The number of nitrogens with two attached hydrogens (primary N) is 1. The van der Waals surface area contributed by atoms with Gasteiger partial charge < -0.3 is 10.7 Å². The Kier molecular flexibility index (Phi) is 5.23. The summed E-state index contributed by atoms with van der Waals surface area (Å²) in [6, 6.07) is 8.44. The molecule has 134 valence electrons. The van der Waals surface area contributed by atoms with E-state index in [2.05, 4.69) is 4.98 Å². The first-order chi connectivity index (χ1) is 12.5. The summed E-state index contributed by atoms with van der Waals surface area (Å²) in [7, 11) is 0. The van der Waals surface area contributed by atoms with Crippen LogP contribution in [0.5, 0.6) is 0 Å². The summed E-state index contributed by atoms with van der Waals surface area (Å²) in [5.41, 5.74) is 5.01. The number of benzene rings is 2. The van der Waals surface area contributed by atoms with E-state index in [1.807, 2.05) is 0 Å². The molecule has 0 aliphatic carbocycles. The standard InChI is InChI=1S/C20H18F2N2O2/c21-16-10-12(4-1-2-8-23)11-17(22)18(16)19(25)14-5-3-6-15-13(14)7-9-24-20(15)26/h3,5-7,9-11H,1-2,4,8,23H2,(H,24,26). The largest absolute Gasteiger partial charge is 0.330 e. The van der Waals surface area contributed by atoms with Crippen molar-refractivity contribution in [3.05, 3.63) is 81.3 Å². The van der Waals surface area contributed by atoms with E-state index >= 15 is 0 Å². The molecule has 2 aromatic carbocycles. The third kappa shape index (κ3) is 3.41. The molecule has 3 rings (SSSR count). The SMILES string of the molecule is NCCCCc1cc(F)c(C(=O)c2cccc3c(=O)[nH]ccc23)c(F)c1. The normalized spacial score (nSPS) is 11.0. The van der Waals surface area contributed by atoms with E-state index < -0.39 is 23.0 Å². The summed E-state index contributed by atoms with van der Waals surface area (Å²) in [5, 5.41) is 0.643. The number of halogens is 2. The van der Waals surface area contributed by atoms with Crippen LogP contribution in [0, 0.1) is 11.6 Å². The Labute approximate surface area is 148 Å². The molecular formula is C20H18F2N2O2. The zero-order valence-electron chi connectivity index (χ0n) is 14.0. The molecular weight excluding hydrogens is 338 g/mol. The van der Waals surface area contributed by atoms with Gasteiger partial charge in [-0.25, -0.2) is 8.78 Å². The zero-order valence-corrected chi connectivity index (χ0v) is 14.0. The van der Waals surface area contributed by atoms with Crippen molar-refractivity contribution in [3.63, 3.8) is 0 Å². The summed E-state index contributed by atoms with van der Waals surface area (Å²) in [6.45, 7) is 0.516. The topological polar surface area (TPSA) is 76.0 Å². The van der Waals surface area contributed by atoms with Crippen LogP contribution in [0.3, 0.4) is 0 Å². The van der Waals surface area contributed by atoms with Gasteiger partial charge in [-0.05, 0) is 61.0 Å². The smallest absolute Gasteiger partial charge is 0.255 e. The molecule has 0 spiro atoms. The Morgan fingerprint density at radius 1 is 1.04 bits per heavy atom. The van der Waals surface area contributed by atoms with Crippen LogP contribution in [0.2, 0.25) is 0 Å². The van der Waals surface area contributed by atoms with E-state index in [0.29, 0.717) is 23.9 Å². The van der Waals surface area contributed by atoms with Gasteiger partial charge in [0.25, 0.3) is 5.56 Å². The highest BCUT2D eigenvalue weighted by molar-refractivity contribution is 6.16. The minimum Gasteiger partial charge on any atom is -0.330 e. The predicted molar refractivity (Wildman–Crippen MR) is 96.4 cm³/mol. The Morgan fingerprint density at radius 2 is 1.77 bits per heavy atom. The zero-order chi connectivity index (χ0) is 18.7. The van der Waals surface area contributed by atoms with Crippen LogP contribution in [-0.4, -0.2) is 17.3 Å². The summed E-state index contributed by atoms with van der Waals surface area (Å²) in [5.74, 6) is -2.59. The fraction of sp³-hybridized carbons (Fsp3) is 0.200. The molecule has 1 aromatic heterocycles. The van der Waals surface area contributed by atoms with Crippen LogP contribution >= 0.6 is 0 Å². The maximum absolute atomic E-state index is 14.5. The maximum Gasteiger partial charge on any atom is 0.255 e. The summed E-state index contributed by atoms with van der Waals surface area (Å²) >= 11 is 0. The van der Waals surface area contributed by atoms with Gasteiger partial charge in [-0.2, -0.15) is 0 Å². The second kappa shape index (κ2) is 7.58. The number of carbonyl (C=O) groups excluding carboxylic acids is 1. The highest BCUT2D eigenvalue weighted by atomic mass is 19.1. The van der Waals surface area contributed by atoms with Crippen LogP contribution in [0.25, 0.3) is 10.8 Å². The van der Waals surface area contributed by atoms with Crippen molar-refractivity contribution in [1.82, 2.24) is 4.98 Å². The highest BCUT2D eigenvalue weighted by Crippen LogP contribution is 2.24. The molecule has 0 radical (unpaired) electrons. The molecule has 0 fully saturated rings. The number of aromatic amines is 1. The van der Waals surface area contributed by atoms with Gasteiger partial charge in [-0.1, -0.05) is 12.1 Å². The number of pyridine rings is 1.